The molecule has 17 heavy (non-hydrogen) atoms. The van der Waals surface area contributed by atoms with Crippen LogP contribution in [0.15, 0.2) is 30.3 Å². The molecule has 1 aromatic carbocycles. The molecule has 0 amide bonds. The molecule has 94 valence electrons. The maximum Gasteiger partial charge on any atom is 0.140 e. The van der Waals surface area contributed by atoms with Crippen molar-refractivity contribution in [3.8, 4) is 0 Å². The highest BCUT2D eigenvalue weighted by Gasteiger charge is 2.22. The van der Waals surface area contributed by atoms with Gasteiger partial charge in [0.15, 0.2) is 0 Å². The van der Waals surface area contributed by atoms with Crippen LogP contribution in [-0.4, -0.2) is 29.2 Å². The van der Waals surface area contributed by atoms with E-state index in [2.05, 4.69) is 12.1 Å². The fraction of sp³-hybridized carbons (Fsp3) is 0.500. The van der Waals surface area contributed by atoms with Crippen LogP contribution >= 0.6 is 0 Å². The van der Waals surface area contributed by atoms with Gasteiger partial charge in [-0.15, -0.1) is 0 Å². The summed E-state index contributed by atoms with van der Waals surface area (Å²) in [5.74, 6) is 0.618. The second-order valence-electron chi connectivity index (χ2n) is 4.12. The molecule has 2 rings (SSSR count). The summed E-state index contributed by atoms with van der Waals surface area (Å²) in [6.45, 7) is -0.250. The lowest BCUT2D eigenvalue weighted by molar-refractivity contribution is -0.121. The molecule has 0 heterocycles. The molecule has 1 aromatic rings. The topological polar surface area (TPSA) is 57.5 Å². The van der Waals surface area contributed by atoms with Crippen LogP contribution in [0.3, 0.4) is 0 Å². The first-order chi connectivity index (χ1) is 8.29. The first-order valence-corrected chi connectivity index (χ1v) is 6.09. The van der Waals surface area contributed by atoms with E-state index in [1.807, 2.05) is 18.2 Å². The van der Waals surface area contributed by atoms with Gasteiger partial charge >= 0.3 is 0 Å². The van der Waals surface area contributed by atoms with Gasteiger partial charge in [0, 0.05) is 12.3 Å². The normalized spacial score (nSPS) is 19.4. The number of ketones is 1. The summed E-state index contributed by atoms with van der Waals surface area (Å²) in [6.07, 6.45) is 4.11. The second kappa shape index (κ2) is 7.98. The van der Waals surface area contributed by atoms with Gasteiger partial charge in [0.25, 0.3) is 0 Å². The molecule has 1 aliphatic rings. The van der Waals surface area contributed by atoms with Crippen LogP contribution < -0.4 is 0 Å². The van der Waals surface area contributed by atoms with E-state index >= 15 is 0 Å². The quantitative estimate of drug-likeness (QED) is 0.824. The van der Waals surface area contributed by atoms with E-state index in [4.69, 9.17) is 10.2 Å². The average Bonchev–Trinajstić information content (AvgIpc) is 2.41. The standard InChI is InChI=1S/C12H14O.C2H6O2/c13-12-9-5-4-8-11(12)10-6-2-1-3-7-10;3-1-2-4/h1-3,6-7,11H,4-5,8-9H2;3-4H,1-2H2. The first-order valence-electron chi connectivity index (χ1n) is 6.09. The van der Waals surface area contributed by atoms with Crippen molar-refractivity contribution in [1.82, 2.24) is 0 Å². The summed E-state index contributed by atoms with van der Waals surface area (Å²) in [5.41, 5.74) is 1.20. The number of Topliss-reactive ketones (excluding diaryl/α,β-unsaturated/α-hetero) is 1. The Bertz CT molecular complexity index is 319. The lowest BCUT2D eigenvalue weighted by Crippen LogP contribution is -2.16. The van der Waals surface area contributed by atoms with Crippen LogP contribution in [0.2, 0.25) is 0 Å². The molecule has 0 radical (unpaired) electrons. The van der Waals surface area contributed by atoms with Gasteiger partial charge in [-0.3, -0.25) is 4.79 Å². The smallest absolute Gasteiger partial charge is 0.140 e. The number of carbonyl (C=O) groups excluding carboxylic acids is 1. The van der Waals surface area contributed by atoms with Crippen LogP contribution in [0.4, 0.5) is 0 Å². The molecule has 0 spiro atoms. The van der Waals surface area contributed by atoms with Crippen molar-refractivity contribution in [2.45, 2.75) is 31.6 Å². The van der Waals surface area contributed by atoms with Crippen LogP contribution in [0.5, 0.6) is 0 Å². The van der Waals surface area contributed by atoms with Gasteiger partial charge in [0.05, 0.1) is 13.2 Å². The zero-order valence-corrected chi connectivity index (χ0v) is 10.0. The van der Waals surface area contributed by atoms with Gasteiger partial charge in [0.1, 0.15) is 5.78 Å². The van der Waals surface area contributed by atoms with Crippen molar-refractivity contribution < 1.29 is 15.0 Å². The molecule has 1 aliphatic carbocycles. The Morgan fingerprint density at radius 2 is 1.71 bits per heavy atom. The van der Waals surface area contributed by atoms with E-state index in [0.29, 0.717) is 5.78 Å². The van der Waals surface area contributed by atoms with E-state index in [0.717, 1.165) is 19.3 Å². The minimum atomic E-state index is -0.125. The number of rotatable bonds is 2. The Morgan fingerprint density at radius 1 is 1.06 bits per heavy atom. The number of carbonyl (C=O) groups is 1. The van der Waals surface area contributed by atoms with E-state index in [1.165, 1.54) is 12.0 Å². The number of benzene rings is 1. The molecule has 1 atom stereocenters. The zero-order chi connectivity index (χ0) is 12.5. The Hall–Kier alpha value is -1.19. The summed E-state index contributed by atoms with van der Waals surface area (Å²) in [7, 11) is 0. The third kappa shape index (κ3) is 4.67. The van der Waals surface area contributed by atoms with Crippen LogP contribution in [0, 0.1) is 0 Å². The van der Waals surface area contributed by atoms with E-state index in [-0.39, 0.29) is 19.1 Å². The van der Waals surface area contributed by atoms with Crippen molar-refractivity contribution >= 4 is 5.78 Å². The highest BCUT2D eigenvalue weighted by atomic mass is 16.3. The Balaban J connectivity index is 0.000000317. The summed E-state index contributed by atoms with van der Waals surface area (Å²) < 4.78 is 0. The Labute approximate surface area is 102 Å². The van der Waals surface area contributed by atoms with Crippen molar-refractivity contribution in [2.75, 3.05) is 13.2 Å². The lowest BCUT2D eigenvalue weighted by atomic mass is 9.83. The van der Waals surface area contributed by atoms with E-state index in [9.17, 15) is 4.79 Å². The van der Waals surface area contributed by atoms with Crippen molar-refractivity contribution in [3.05, 3.63) is 35.9 Å². The molecule has 0 aromatic heterocycles. The molecule has 1 unspecified atom stereocenters. The van der Waals surface area contributed by atoms with E-state index < -0.39 is 0 Å². The number of hydrogen-bond acceptors (Lipinski definition) is 3. The number of aliphatic hydroxyl groups is 2. The molecular formula is C14H20O3. The molecule has 0 bridgehead atoms. The third-order valence-electron chi connectivity index (χ3n) is 2.86. The van der Waals surface area contributed by atoms with Gasteiger partial charge in [-0.1, -0.05) is 36.8 Å². The van der Waals surface area contributed by atoms with Crippen molar-refractivity contribution in [1.29, 1.82) is 0 Å². The van der Waals surface area contributed by atoms with Gasteiger partial charge < -0.3 is 10.2 Å². The minimum Gasteiger partial charge on any atom is -0.394 e. The maximum absolute atomic E-state index is 11.6. The van der Waals surface area contributed by atoms with Gasteiger partial charge in [-0.25, -0.2) is 0 Å². The lowest BCUT2D eigenvalue weighted by Gasteiger charge is -2.20. The molecule has 1 fully saturated rings. The Kier molecular flexibility index (Phi) is 6.51. The predicted molar refractivity (Wildman–Crippen MR) is 66.8 cm³/mol. The third-order valence-corrected chi connectivity index (χ3v) is 2.86. The van der Waals surface area contributed by atoms with Crippen molar-refractivity contribution in [2.24, 2.45) is 0 Å². The van der Waals surface area contributed by atoms with Crippen LogP contribution in [0.25, 0.3) is 0 Å². The molecule has 0 saturated heterocycles. The first kappa shape index (κ1) is 13.9. The van der Waals surface area contributed by atoms with Crippen LogP contribution in [-0.2, 0) is 4.79 Å². The summed E-state index contributed by atoms with van der Waals surface area (Å²) in [6, 6.07) is 10.1. The van der Waals surface area contributed by atoms with Gasteiger partial charge in [-0.05, 0) is 18.4 Å². The minimum absolute atomic E-state index is 0.125. The number of aliphatic hydroxyl groups excluding tert-OH is 2. The fourth-order valence-electron chi connectivity index (χ4n) is 2.02. The van der Waals surface area contributed by atoms with Gasteiger partial charge in [-0.2, -0.15) is 0 Å². The molecule has 0 aliphatic heterocycles. The molecular weight excluding hydrogens is 216 g/mol. The molecule has 3 heteroatoms. The highest BCUT2D eigenvalue weighted by molar-refractivity contribution is 5.86. The zero-order valence-electron chi connectivity index (χ0n) is 10.0. The Morgan fingerprint density at radius 3 is 2.24 bits per heavy atom. The predicted octanol–water partition coefficient (Wildman–Crippen LogP) is 1.88. The highest BCUT2D eigenvalue weighted by Crippen LogP contribution is 2.29. The summed E-state index contributed by atoms with van der Waals surface area (Å²) in [4.78, 5) is 11.6. The largest absolute Gasteiger partial charge is 0.394 e. The maximum atomic E-state index is 11.6. The molecule has 2 N–H and O–H groups in total. The van der Waals surface area contributed by atoms with Crippen molar-refractivity contribution in [3.63, 3.8) is 0 Å². The van der Waals surface area contributed by atoms with Gasteiger partial charge in [0.2, 0.25) is 0 Å². The summed E-state index contributed by atoms with van der Waals surface area (Å²) in [5, 5.41) is 15.2. The SMILES string of the molecule is O=C1CCCCC1c1ccccc1.OCCO. The number of hydrogen-bond donors (Lipinski definition) is 2. The fourth-order valence-corrected chi connectivity index (χ4v) is 2.02. The molecule has 1 saturated carbocycles. The van der Waals surface area contributed by atoms with Crippen LogP contribution in [0.1, 0.15) is 37.2 Å². The summed E-state index contributed by atoms with van der Waals surface area (Å²) >= 11 is 0. The second-order valence-corrected chi connectivity index (χ2v) is 4.12. The molecule has 3 nitrogen and oxygen atoms in total. The monoisotopic (exact) mass is 236 g/mol. The average molecular weight is 236 g/mol. The van der Waals surface area contributed by atoms with E-state index in [1.54, 1.807) is 0 Å².